The molecule has 1 spiro atoms. The lowest BCUT2D eigenvalue weighted by Gasteiger charge is -2.39. The number of hydrogen-bond acceptors (Lipinski definition) is 7. The second-order valence-corrected chi connectivity index (χ2v) is 12.6. The number of halogens is 1. The number of para-hydroxylation sites is 1. The summed E-state index contributed by atoms with van der Waals surface area (Å²) in [5.74, 6) is -3.69. The number of benzene rings is 2. The zero-order valence-electron chi connectivity index (χ0n) is 26.6. The van der Waals surface area contributed by atoms with Gasteiger partial charge in [0, 0.05) is 13.0 Å². The highest BCUT2D eigenvalue weighted by atomic mass is 35.5. The molecule has 2 bridgehead atoms. The second-order valence-electron chi connectivity index (χ2n) is 12.2. The molecule has 7 atom stereocenters. The third kappa shape index (κ3) is 6.46. The number of likely N-dealkylation sites (tertiary alicyclic amines) is 1. The highest BCUT2D eigenvalue weighted by Gasteiger charge is 2.75. The highest BCUT2D eigenvalue weighted by molar-refractivity contribution is 6.34. The van der Waals surface area contributed by atoms with E-state index in [0.29, 0.717) is 42.0 Å². The van der Waals surface area contributed by atoms with Crippen LogP contribution in [-0.4, -0.2) is 77.2 Å². The van der Waals surface area contributed by atoms with E-state index in [2.05, 4.69) is 18.5 Å². The van der Waals surface area contributed by atoms with Gasteiger partial charge >= 0.3 is 5.97 Å². The molecule has 2 aromatic rings. The number of fused-ring (bicyclic) bond motifs is 1. The summed E-state index contributed by atoms with van der Waals surface area (Å²) in [5.41, 5.74) is -0.178. The van der Waals surface area contributed by atoms with E-state index in [1.165, 1.54) is 9.80 Å². The summed E-state index contributed by atoms with van der Waals surface area (Å²) >= 11 is 6.54. The maximum absolute atomic E-state index is 14.7. The molecule has 3 fully saturated rings. The molecule has 47 heavy (non-hydrogen) atoms. The number of ether oxygens (including phenoxy) is 2. The van der Waals surface area contributed by atoms with Crippen LogP contribution in [0.5, 0.6) is 0 Å². The molecule has 3 amide bonds. The molecule has 3 saturated heterocycles. The van der Waals surface area contributed by atoms with E-state index in [-0.39, 0.29) is 32.0 Å². The predicted molar refractivity (Wildman–Crippen MR) is 177 cm³/mol. The van der Waals surface area contributed by atoms with Crippen molar-refractivity contribution in [3.8, 4) is 0 Å². The molecule has 0 saturated carbocycles. The molecule has 11 heteroatoms. The van der Waals surface area contributed by atoms with Crippen molar-refractivity contribution in [3.05, 3.63) is 90.5 Å². The van der Waals surface area contributed by atoms with E-state index < -0.39 is 59.5 Å². The Hall–Kier alpha value is -3.99. The number of aliphatic hydroxyl groups excluding tert-OH is 1. The Morgan fingerprint density at radius 1 is 1.17 bits per heavy atom. The summed E-state index contributed by atoms with van der Waals surface area (Å²) in [5, 5.41) is 13.6. The van der Waals surface area contributed by atoms with Crippen LogP contribution in [0.3, 0.4) is 0 Å². The predicted octanol–water partition coefficient (Wildman–Crippen LogP) is 4.37. The van der Waals surface area contributed by atoms with Gasteiger partial charge < -0.3 is 29.7 Å². The fourth-order valence-corrected chi connectivity index (χ4v) is 7.58. The van der Waals surface area contributed by atoms with Crippen LogP contribution in [0.2, 0.25) is 5.02 Å². The summed E-state index contributed by atoms with van der Waals surface area (Å²) in [4.78, 5) is 58.6. The van der Waals surface area contributed by atoms with Crippen molar-refractivity contribution in [2.45, 2.75) is 68.9 Å². The highest BCUT2D eigenvalue weighted by Crippen LogP contribution is 2.59. The third-order valence-corrected chi connectivity index (χ3v) is 9.85. The van der Waals surface area contributed by atoms with Crippen LogP contribution in [-0.2, 0) is 28.7 Å². The number of anilines is 1. The first-order chi connectivity index (χ1) is 22.7. The number of rotatable bonds is 15. The Balaban J connectivity index is 1.48. The Morgan fingerprint density at radius 3 is 2.55 bits per heavy atom. The maximum atomic E-state index is 14.7. The first kappa shape index (κ1) is 34.3. The molecule has 0 radical (unpaired) electrons. The lowest BCUT2D eigenvalue weighted by Crippen LogP contribution is -2.59. The lowest BCUT2D eigenvalue weighted by molar-refractivity contribution is -0.161. The topological polar surface area (TPSA) is 125 Å². The number of allylic oxidation sites excluding steroid dienone is 1. The van der Waals surface area contributed by atoms with E-state index in [0.717, 1.165) is 0 Å². The van der Waals surface area contributed by atoms with Crippen molar-refractivity contribution in [2.24, 2.45) is 11.8 Å². The van der Waals surface area contributed by atoms with Crippen LogP contribution in [0.4, 0.5) is 5.69 Å². The molecule has 2 N–H and O–H groups in total. The number of carbonyl (C=O) groups excluding carboxylic acids is 4. The number of esters is 1. The average molecular weight is 664 g/mol. The van der Waals surface area contributed by atoms with Crippen molar-refractivity contribution in [3.63, 3.8) is 0 Å². The van der Waals surface area contributed by atoms with Gasteiger partial charge in [-0.2, -0.15) is 0 Å². The minimum absolute atomic E-state index is 0.0394. The first-order valence-electron chi connectivity index (χ1n) is 16.1. The molecular weight excluding hydrogens is 622 g/mol. The smallest absolute Gasteiger partial charge is 0.313 e. The Labute approximate surface area is 280 Å². The van der Waals surface area contributed by atoms with Crippen molar-refractivity contribution < 1.29 is 33.8 Å². The largest absolute Gasteiger partial charge is 0.455 e. The average Bonchev–Trinajstić information content (AvgIpc) is 3.73. The van der Waals surface area contributed by atoms with Crippen LogP contribution < -0.4 is 10.2 Å². The summed E-state index contributed by atoms with van der Waals surface area (Å²) in [6.45, 7) is 9.09. The number of nitrogens with one attached hydrogen (secondary N) is 1. The number of carbonyl (C=O) groups is 4. The van der Waals surface area contributed by atoms with Gasteiger partial charge in [0.15, 0.2) is 0 Å². The number of amides is 3. The fraction of sp³-hybridized carbons (Fsp3) is 0.444. The van der Waals surface area contributed by atoms with Crippen LogP contribution in [0.1, 0.15) is 50.7 Å². The normalized spacial score (nSPS) is 25.5. The zero-order chi connectivity index (χ0) is 33.7. The zero-order valence-corrected chi connectivity index (χ0v) is 27.3. The van der Waals surface area contributed by atoms with E-state index in [4.69, 9.17) is 21.1 Å². The Morgan fingerprint density at radius 2 is 1.89 bits per heavy atom. The molecule has 3 aliphatic rings. The van der Waals surface area contributed by atoms with E-state index in [1.54, 1.807) is 48.6 Å². The molecule has 250 valence electrons. The monoisotopic (exact) mass is 663 g/mol. The third-order valence-electron chi connectivity index (χ3n) is 9.53. The van der Waals surface area contributed by atoms with E-state index in [1.807, 2.05) is 25.1 Å². The summed E-state index contributed by atoms with van der Waals surface area (Å²) in [7, 11) is 0. The lowest BCUT2D eigenvalue weighted by atomic mass is 9.70. The number of aliphatic hydroxyl groups is 1. The van der Waals surface area contributed by atoms with Crippen molar-refractivity contribution in [1.29, 1.82) is 0 Å². The van der Waals surface area contributed by atoms with Gasteiger partial charge in [0.1, 0.15) is 17.7 Å². The van der Waals surface area contributed by atoms with Gasteiger partial charge in [-0.15, -0.1) is 13.2 Å². The number of nitrogens with zero attached hydrogens (tertiary/aromatic N) is 2. The molecular formula is C36H42ClN3O7. The molecule has 0 aliphatic carbocycles. The van der Waals surface area contributed by atoms with Crippen molar-refractivity contribution in [2.75, 3.05) is 24.6 Å². The van der Waals surface area contributed by atoms with Gasteiger partial charge in [-0.25, -0.2) is 0 Å². The molecule has 5 rings (SSSR count). The molecule has 10 nitrogen and oxygen atoms in total. The quantitative estimate of drug-likeness (QED) is 0.214. The molecule has 0 unspecified atom stereocenters. The van der Waals surface area contributed by atoms with Crippen molar-refractivity contribution in [1.82, 2.24) is 10.2 Å². The van der Waals surface area contributed by atoms with Crippen LogP contribution in [0.15, 0.2) is 79.9 Å². The van der Waals surface area contributed by atoms with Gasteiger partial charge in [0.25, 0.3) is 5.91 Å². The molecule has 0 aromatic heterocycles. The van der Waals surface area contributed by atoms with Crippen molar-refractivity contribution >= 4 is 41.0 Å². The Kier molecular flexibility index (Phi) is 10.8. The summed E-state index contributed by atoms with van der Waals surface area (Å²) in [6, 6.07) is 14.2. The standard InChI is InChI=1S/C36H42ClN3O7/c1-4-7-17-29(42)38-21-28(23-13-9-8-10-14-23)46-35(45)30-27-18-19-36(47-27)31(30)33(43)40(24(6-3)22-41)32(36)34(44)39(20-5-2)26-16-12-11-15-25(26)37/h4-5,8-16,24,27-28,30-32,41H,1-2,6-7,17-22H2,3H3,(H,38,42)/t24-,27-,28-,30+,31+,32-,36+/m0/s1. The van der Waals surface area contributed by atoms with Crippen LogP contribution in [0, 0.1) is 11.8 Å². The Bertz CT molecular complexity index is 1500. The maximum Gasteiger partial charge on any atom is 0.313 e. The van der Waals surface area contributed by atoms with Gasteiger partial charge in [0.2, 0.25) is 11.8 Å². The molecule has 3 aliphatic heterocycles. The van der Waals surface area contributed by atoms with E-state index in [9.17, 15) is 24.3 Å². The van der Waals surface area contributed by atoms with Gasteiger partial charge in [0.05, 0.1) is 47.8 Å². The number of hydrogen-bond donors (Lipinski definition) is 2. The first-order valence-corrected chi connectivity index (χ1v) is 16.5. The summed E-state index contributed by atoms with van der Waals surface area (Å²) in [6.07, 6.45) is 3.73. The van der Waals surface area contributed by atoms with Gasteiger partial charge in [-0.05, 0) is 43.4 Å². The second kappa shape index (κ2) is 14.8. The van der Waals surface area contributed by atoms with Gasteiger partial charge in [-0.3, -0.25) is 19.2 Å². The SMILES string of the molecule is C=CCCC(=O)NC[C@H](OC(=O)[C@@H]1[C@@H]2CC[C@]3(O2)[C@H](C(=O)N(CC=C)c2ccccc2Cl)N([C@@H](CC)CO)C(=O)[C@@H]13)c1ccccc1. The van der Waals surface area contributed by atoms with E-state index >= 15 is 0 Å². The fourth-order valence-electron chi connectivity index (χ4n) is 7.34. The summed E-state index contributed by atoms with van der Waals surface area (Å²) < 4.78 is 12.7. The minimum Gasteiger partial charge on any atom is -0.455 e. The molecule has 3 heterocycles. The minimum atomic E-state index is -1.31. The van der Waals surface area contributed by atoms with Crippen LogP contribution in [0.25, 0.3) is 0 Å². The molecule has 2 aromatic carbocycles. The van der Waals surface area contributed by atoms with Gasteiger partial charge in [-0.1, -0.05) is 73.1 Å². The van der Waals surface area contributed by atoms with Crippen LogP contribution >= 0.6 is 11.6 Å².